The molecule has 0 spiro atoms. The van der Waals surface area contributed by atoms with Crippen LogP contribution in [0.2, 0.25) is 5.02 Å². The number of ether oxygens (including phenoxy) is 2. The summed E-state index contributed by atoms with van der Waals surface area (Å²) < 4.78 is 10.8. The molecule has 2 rings (SSSR count). The summed E-state index contributed by atoms with van der Waals surface area (Å²) in [5.74, 6) is -0.585. The summed E-state index contributed by atoms with van der Waals surface area (Å²) in [7, 11) is 1.51. The number of carbonyl (C=O) groups excluding carboxylic acids is 1. The number of nitrogens with one attached hydrogen (secondary N) is 1. The number of anilines is 1. The van der Waals surface area contributed by atoms with Gasteiger partial charge in [-0.15, -0.1) is 0 Å². The molecular formula is C14H17ClN2O5. The number of halogens is 1. The molecule has 0 saturated heterocycles. The van der Waals surface area contributed by atoms with Crippen molar-refractivity contribution in [1.29, 1.82) is 0 Å². The van der Waals surface area contributed by atoms with Crippen molar-refractivity contribution < 1.29 is 24.2 Å². The molecule has 1 aliphatic heterocycles. The van der Waals surface area contributed by atoms with Gasteiger partial charge in [0.15, 0.2) is 11.5 Å². The third-order valence-corrected chi connectivity index (χ3v) is 3.50. The van der Waals surface area contributed by atoms with Crippen molar-refractivity contribution in [3.8, 4) is 11.5 Å². The lowest BCUT2D eigenvalue weighted by atomic mass is 10.2. The number of urea groups is 1. The van der Waals surface area contributed by atoms with E-state index >= 15 is 0 Å². The Balaban J connectivity index is 2.06. The molecule has 2 amide bonds. The first kappa shape index (κ1) is 16.2. The Bertz CT molecular complexity index is 593. The van der Waals surface area contributed by atoms with E-state index < -0.39 is 17.9 Å². The summed E-state index contributed by atoms with van der Waals surface area (Å²) >= 11 is 6.10. The molecule has 2 N–H and O–H groups in total. The fraction of sp³-hybridized carbons (Fsp3) is 0.429. The molecule has 1 atom stereocenters. The van der Waals surface area contributed by atoms with Crippen LogP contribution in [-0.2, 0) is 4.79 Å². The van der Waals surface area contributed by atoms with E-state index in [2.05, 4.69) is 5.32 Å². The zero-order valence-electron chi connectivity index (χ0n) is 12.3. The van der Waals surface area contributed by atoms with Gasteiger partial charge >= 0.3 is 12.0 Å². The minimum absolute atomic E-state index is 0.0866. The largest absolute Gasteiger partial charge is 0.486 e. The normalized spacial score (nSPS) is 14.1. The molecule has 1 heterocycles. The monoisotopic (exact) mass is 328 g/mol. The van der Waals surface area contributed by atoms with Crippen LogP contribution in [0.25, 0.3) is 0 Å². The van der Waals surface area contributed by atoms with E-state index in [4.69, 9.17) is 26.2 Å². The van der Waals surface area contributed by atoms with Gasteiger partial charge < -0.3 is 24.8 Å². The van der Waals surface area contributed by atoms with Crippen LogP contribution in [0, 0.1) is 5.92 Å². The van der Waals surface area contributed by atoms with Crippen LogP contribution in [-0.4, -0.2) is 48.8 Å². The van der Waals surface area contributed by atoms with Gasteiger partial charge in [0, 0.05) is 25.7 Å². The second-order valence-corrected chi connectivity index (χ2v) is 5.43. The molecule has 1 unspecified atom stereocenters. The van der Waals surface area contributed by atoms with Crippen LogP contribution >= 0.6 is 11.6 Å². The number of hydrogen-bond acceptors (Lipinski definition) is 4. The Kier molecular flexibility index (Phi) is 4.97. The first-order valence-corrected chi connectivity index (χ1v) is 7.10. The number of rotatable bonds is 4. The Morgan fingerprint density at radius 1 is 1.36 bits per heavy atom. The van der Waals surface area contributed by atoms with Crippen molar-refractivity contribution in [2.75, 3.05) is 32.1 Å². The number of benzene rings is 1. The van der Waals surface area contributed by atoms with Crippen LogP contribution < -0.4 is 14.8 Å². The molecular weight excluding hydrogens is 312 g/mol. The van der Waals surface area contributed by atoms with Gasteiger partial charge in [0.25, 0.3) is 0 Å². The topological polar surface area (TPSA) is 88.1 Å². The molecule has 0 aliphatic carbocycles. The standard InChI is InChI=1S/C14H17ClN2O5/c1-8(13(18)19)7-17(2)14(20)16-10-6-12-11(5-9(10)15)21-3-4-22-12/h5-6,8H,3-4,7H2,1-2H3,(H,16,20)(H,18,19). The Morgan fingerprint density at radius 3 is 2.55 bits per heavy atom. The van der Waals surface area contributed by atoms with Crippen molar-refractivity contribution in [1.82, 2.24) is 4.90 Å². The fourth-order valence-electron chi connectivity index (χ4n) is 1.94. The van der Waals surface area contributed by atoms with Gasteiger partial charge in [-0.2, -0.15) is 0 Å². The van der Waals surface area contributed by atoms with E-state index in [0.717, 1.165) is 0 Å². The van der Waals surface area contributed by atoms with Crippen LogP contribution in [0.1, 0.15) is 6.92 Å². The quantitative estimate of drug-likeness (QED) is 0.885. The molecule has 120 valence electrons. The molecule has 0 fully saturated rings. The third kappa shape index (κ3) is 3.73. The maximum Gasteiger partial charge on any atom is 0.321 e. The highest BCUT2D eigenvalue weighted by molar-refractivity contribution is 6.34. The molecule has 0 aromatic heterocycles. The van der Waals surface area contributed by atoms with E-state index in [1.807, 2.05) is 0 Å². The highest BCUT2D eigenvalue weighted by Gasteiger charge is 2.20. The molecule has 22 heavy (non-hydrogen) atoms. The number of carboxylic acid groups (broad SMARTS) is 1. The number of amides is 2. The van der Waals surface area contributed by atoms with Crippen LogP contribution in [0.5, 0.6) is 11.5 Å². The lowest BCUT2D eigenvalue weighted by Crippen LogP contribution is -2.36. The van der Waals surface area contributed by atoms with E-state index in [1.165, 1.54) is 18.9 Å². The van der Waals surface area contributed by atoms with Gasteiger partial charge in [-0.05, 0) is 0 Å². The maximum atomic E-state index is 12.1. The summed E-state index contributed by atoms with van der Waals surface area (Å²) in [6.45, 7) is 2.50. The summed E-state index contributed by atoms with van der Waals surface area (Å²) in [4.78, 5) is 24.2. The second kappa shape index (κ2) is 6.74. The lowest BCUT2D eigenvalue weighted by Gasteiger charge is -2.22. The number of carboxylic acids is 1. The first-order valence-electron chi connectivity index (χ1n) is 6.72. The molecule has 0 saturated carbocycles. The van der Waals surface area contributed by atoms with E-state index in [1.54, 1.807) is 12.1 Å². The summed E-state index contributed by atoms with van der Waals surface area (Å²) in [6.07, 6.45) is 0. The summed E-state index contributed by atoms with van der Waals surface area (Å²) in [6, 6.07) is 2.71. The lowest BCUT2D eigenvalue weighted by molar-refractivity contribution is -0.141. The highest BCUT2D eigenvalue weighted by atomic mass is 35.5. The predicted octanol–water partition coefficient (Wildman–Crippen LogP) is 2.30. The van der Waals surface area contributed by atoms with Gasteiger partial charge in [0.05, 0.1) is 16.6 Å². The highest BCUT2D eigenvalue weighted by Crippen LogP contribution is 2.38. The minimum Gasteiger partial charge on any atom is -0.486 e. The van der Waals surface area contributed by atoms with Crippen molar-refractivity contribution in [3.05, 3.63) is 17.2 Å². The van der Waals surface area contributed by atoms with Crippen molar-refractivity contribution in [2.45, 2.75) is 6.92 Å². The number of fused-ring (bicyclic) bond motifs is 1. The summed E-state index contributed by atoms with van der Waals surface area (Å²) in [5.41, 5.74) is 0.380. The second-order valence-electron chi connectivity index (χ2n) is 5.03. The van der Waals surface area contributed by atoms with Crippen LogP contribution in [0.4, 0.5) is 10.5 Å². The van der Waals surface area contributed by atoms with E-state index in [9.17, 15) is 9.59 Å². The molecule has 1 aromatic rings. The van der Waals surface area contributed by atoms with Crippen molar-refractivity contribution in [3.63, 3.8) is 0 Å². The number of hydrogen-bond donors (Lipinski definition) is 2. The Morgan fingerprint density at radius 2 is 1.95 bits per heavy atom. The third-order valence-electron chi connectivity index (χ3n) is 3.19. The molecule has 1 aliphatic rings. The van der Waals surface area contributed by atoms with Crippen LogP contribution in [0.3, 0.4) is 0 Å². The number of carbonyl (C=O) groups is 2. The van der Waals surface area contributed by atoms with Crippen LogP contribution in [0.15, 0.2) is 12.1 Å². The Labute approximate surface area is 132 Å². The van der Waals surface area contributed by atoms with Crippen molar-refractivity contribution >= 4 is 29.3 Å². The zero-order valence-corrected chi connectivity index (χ0v) is 13.0. The zero-order chi connectivity index (χ0) is 16.3. The van der Waals surface area contributed by atoms with Gasteiger partial charge in [0.2, 0.25) is 0 Å². The predicted molar refractivity (Wildman–Crippen MR) is 80.9 cm³/mol. The molecule has 0 bridgehead atoms. The van der Waals surface area contributed by atoms with Gasteiger partial charge in [-0.25, -0.2) is 4.79 Å². The minimum atomic E-state index is -0.961. The number of aliphatic carboxylic acids is 1. The van der Waals surface area contributed by atoms with E-state index in [0.29, 0.717) is 35.4 Å². The first-order chi connectivity index (χ1) is 10.4. The SMILES string of the molecule is CC(CN(C)C(=O)Nc1cc2c(cc1Cl)OCCO2)C(=O)O. The molecule has 7 nitrogen and oxygen atoms in total. The smallest absolute Gasteiger partial charge is 0.321 e. The molecule has 0 radical (unpaired) electrons. The average molecular weight is 329 g/mol. The van der Waals surface area contributed by atoms with E-state index in [-0.39, 0.29) is 6.54 Å². The summed E-state index contributed by atoms with van der Waals surface area (Å²) in [5, 5.41) is 11.8. The van der Waals surface area contributed by atoms with Gasteiger partial charge in [-0.3, -0.25) is 4.79 Å². The van der Waals surface area contributed by atoms with Crippen molar-refractivity contribution in [2.24, 2.45) is 5.92 Å². The Hall–Kier alpha value is -2.15. The average Bonchev–Trinajstić information content (AvgIpc) is 2.47. The van der Waals surface area contributed by atoms with Gasteiger partial charge in [-0.1, -0.05) is 18.5 Å². The molecule has 8 heteroatoms. The van der Waals surface area contributed by atoms with Gasteiger partial charge in [0.1, 0.15) is 13.2 Å². The fourth-order valence-corrected chi connectivity index (χ4v) is 2.14. The maximum absolute atomic E-state index is 12.1. The number of nitrogens with zero attached hydrogens (tertiary/aromatic N) is 1. The molecule has 1 aromatic carbocycles.